The van der Waals surface area contributed by atoms with Gasteiger partial charge in [-0.1, -0.05) is 0 Å². The van der Waals surface area contributed by atoms with Gasteiger partial charge in [-0.05, 0) is 24.3 Å². The average Bonchev–Trinajstić information content (AvgIpc) is 2.62. The maximum Gasteiger partial charge on any atom is 0.227 e. The zero-order valence-corrected chi connectivity index (χ0v) is 13.4. The Morgan fingerprint density at radius 1 is 1.17 bits per heavy atom. The molecule has 118 valence electrons. The minimum Gasteiger partial charge on any atom is -0.497 e. The van der Waals surface area contributed by atoms with E-state index >= 15 is 0 Å². The summed E-state index contributed by atoms with van der Waals surface area (Å²) in [5.41, 5.74) is 2.11. The third-order valence-electron chi connectivity index (χ3n) is 4.11. The monoisotopic (exact) mass is 310 g/mol. The molecule has 2 heterocycles. The fraction of sp³-hybridized carbons (Fsp3) is 0.353. The van der Waals surface area contributed by atoms with Gasteiger partial charge in [0.2, 0.25) is 5.95 Å². The number of likely N-dealkylation sites (N-methyl/N-ethyl adjacent to an activating group) is 1. The zero-order chi connectivity index (χ0) is 16.2. The van der Waals surface area contributed by atoms with Crippen LogP contribution in [0.25, 0.3) is 11.3 Å². The molecule has 1 aromatic heterocycles. The molecule has 0 atom stereocenters. The summed E-state index contributed by atoms with van der Waals surface area (Å²) in [4.78, 5) is 12.7. The van der Waals surface area contributed by atoms with Crippen LogP contribution >= 0.6 is 0 Å². The Morgan fingerprint density at radius 3 is 2.48 bits per heavy atom. The van der Waals surface area contributed by atoms with Gasteiger partial charge in [-0.3, -0.25) is 0 Å². The number of nitriles is 1. The van der Waals surface area contributed by atoms with Gasteiger partial charge in [0.05, 0.1) is 46.0 Å². The molecule has 0 bridgehead atoms. The molecule has 2 aromatic rings. The smallest absolute Gasteiger partial charge is 0.227 e. The van der Waals surface area contributed by atoms with Gasteiger partial charge in [-0.25, -0.2) is 9.97 Å². The summed E-state index contributed by atoms with van der Waals surface area (Å²) < 4.78 is 5.18. The summed E-state index contributed by atoms with van der Waals surface area (Å²) in [6.07, 6.45) is 0. The van der Waals surface area contributed by atoms with Crippen molar-refractivity contribution in [3.05, 3.63) is 36.0 Å². The molecule has 1 aliphatic rings. The van der Waals surface area contributed by atoms with E-state index in [0.29, 0.717) is 11.6 Å². The number of nitrogens with one attached hydrogen (secondary N) is 1. The highest BCUT2D eigenvalue weighted by atomic mass is 16.5. The molecule has 1 fully saturated rings. The number of benzene rings is 1. The van der Waals surface area contributed by atoms with E-state index in [2.05, 4.69) is 28.0 Å². The van der Waals surface area contributed by atoms with Gasteiger partial charge < -0.3 is 14.5 Å². The highest BCUT2D eigenvalue weighted by Gasteiger charge is 2.20. The van der Waals surface area contributed by atoms with Crippen molar-refractivity contribution in [3.8, 4) is 23.1 Å². The lowest BCUT2D eigenvalue weighted by Crippen LogP contribution is -3.12. The number of hydrogen-bond acceptors (Lipinski definition) is 5. The highest BCUT2D eigenvalue weighted by molar-refractivity contribution is 5.63. The molecule has 1 aliphatic heterocycles. The first kappa shape index (κ1) is 15.3. The first-order chi connectivity index (χ1) is 11.2. The van der Waals surface area contributed by atoms with E-state index in [0.717, 1.165) is 43.2 Å². The SMILES string of the molecule is COc1ccc(-c2cc(C#N)nc(N3CC[NH+](C)CC3)n2)cc1. The van der Waals surface area contributed by atoms with Crippen molar-refractivity contribution in [3.63, 3.8) is 0 Å². The van der Waals surface area contributed by atoms with Crippen LogP contribution in [0, 0.1) is 11.3 Å². The van der Waals surface area contributed by atoms with Gasteiger partial charge in [0.1, 0.15) is 17.5 Å². The first-order valence-corrected chi connectivity index (χ1v) is 7.69. The van der Waals surface area contributed by atoms with Crippen LogP contribution in [0.4, 0.5) is 5.95 Å². The largest absolute Gasteiger partial charge is 0.497 e. The number of hydrogen-bond donors (Lipinski definition) is 1. The third kappa shape index (κ3) is 3.41. The lowest BCUT2D eigenvalue weighted by Gasteiger charge is -2.30. The van der Waals surface area contributed by atoms with Crippen molar-refractivity contribution >= 4 is 5.95 Å². The van der Waals surface area contributed by atoms with E-state index < -0.39 is 0 Å². The fourth-order valence-corrected chi connectivity index (χ4v) is 2.63. The van der Waals surface area contributed by atoms with Crippen LogP contribution in [-0.4, -0.2) is 50.3 Å². The third-order valence-corrected chi connectivity index (χ3v) is 4.11. The molecular weight excluding hydrogens is 290 g/mol. The highest BCUT2D eigenvalue weighted by Crippen LogP contribution is 2.23. The Kier molecular flexibility index (Phi) is 4.40. The quantitative estimate of drug-likeness (QED) is 0.886. The Balaban J connectivity index is 1.94. The van der Waals surface area contributed by atoms with Gasteiger partial charge >= 0.3 is 0 Å². The normalized spacial score (nSPS) is 15.3. The summed E-state index contributed by atoms with van der Waals surface area (Å²) in [7, 11) is 3.83. The van der Waals surface area contributed by atoms with E-state index in [1.807, 2.05) is 24.3 Å². The molecular formula is C17H20N5O+. The molecule has 3 rings (SSSR count). The molecule has 0 amide bonds. The van der Waals surface area contributed by atoms with Crippen molar-refractivity contribution < 1.29 is 9.64 Å². The van der Waals surface area contributed by atoms with E-state index in [1.165, 1.54) is 4.90 Å². The number of anilines is 1. The van der Waals surface area contributed by atoms with Gasteiger partial charge in [-0.2, -0.15) is 5.26 Å². The molecule has 0 saturated carbocycles. The van der Waals surface area contributed by atoms with Gasteiger partial charge in [-0.15, -0.1) is 0 Å². The molecule has 1 N–H and O–H groups in total. The van der Waals surface area contributed by atoms with Gasteiger partial charge in [0, 0.05) is 11.6 Å². The molecule has 1 aromatic carbocycles. The van der Waals surface area contributed by atoms with Crippen molar-refractivity contribution in [2.24, 2.45) is 0 Å². The molecule has 1 saturated heterocycles. The average molecular weight is 310 g/mol. The number of methoxy groups -OCH3 is 1. The van der Waals surface area contributed by atoms with E-state index in [4.69, 9.17) is 4.74 Å². The summed E-state index contributed by atoms with van der Waals surface area (Å²) in [6.45, 7) is 3.92. The number of quaternary nitrogens is 1. The summed E-state index contributed by atoms with van der Waals surface area (Å²) in [5, 5.41) is 9.27. The van der Waals surface area contributed by atoms with Crippen LogP contribution < -0.4 is 14.5 Å². The van der Waals surface area contributed by atoms with Crippen LogP contribution in [-0.2, 0) is 0 Å². The number of aromatic nitrogens is 2. The van der Waals surface area contributed by atoms with E-state index in [1.54, 1.807) is 13.2 Å². The minimum atomic E-state index is 0.395. The predicted molar refractivity (Wildman–Crippen MR) is 87.6 cm³/mol. The fourth-order valence-electron chi connectivity index (χ4n) is 2.63. The number of rotatable bonds is 3. The number of nitrogens with zero attached hydrogens (tertiary/aromatic N) is 4. The Labute approximate surface area is 136 Å². The summed E-state index contributed by atoms with van der Waals surface area (Å²) in [5.74, 6) is 1.44. The molecule has 0 spiro atoms. The van der Waals surface area contributed by atoms with Crippen LogP contribution in [0.3, 0.4) is 0 Å². The van der Waals surface area contributed by atoms with Crippen molar-refractivity contribution in [2.75, 3.05) is 45.2 Å². The molecule has 6 nitrogen and oxygen atoms in total. The molecule has 0 radical (unpaired) electrons. The minimum absolute atomic E-state index is 0.395. The van der Waals surface area contributed by atoms with E-state index in [-0.39, 0.29) is 0 Å². The van der Waals surface area contributed by atoms with Crippen molar-refractivity contribution in [1.82, 2.24) is 9.97 Å². The van der Waals surface area contributed by atoms with E-state index in [9.17, 15) is 5.26 Å². The second-order valence-electron chi connectivity index (χ2n) is 5.72. The Bertz CT molecular complexity index is 715. The number of ether oxygens (including phenoxy) is 1. The van der Waals surface area contributed by atoms with Crippen LogP contribution in [0.2, 0.25) is 0 Å². The molecule has 0 aliphatic carbocycles. The Hall–Kier alpha value is -2.65. The van der Waals surface area contributed by atoms with Crippen molar-refractivity contribution in [2.45, 2.75) is 0 Å². The lowest BCUT2D eigenvalue weighted by molar-refractivity contribution is -0.880. The summed E-state index contributed by atoms with van der Waals surface area (Å²) in [6, 6.07) is 11.5. The molecule has 0 unspecified atom stereocenters. The zero-order valence-electron chi connectivity index (χ0n) is 13.4. The maximum atomic E-state index is 9.27. The first-order valence-electron chi connectivity index (χ1n) is 7.69. The van der Waals surface area contributed by atoms with Crippen LogP contribution in [0.1, 0.15) is 5.69 Å². The Morgan fingerprint density at radius 2 is 1.87 bits per heavy atom. The predicted octanol–water partition coefficient (Wildman–Crippen LogP) is 0.359. The lowest BCUT2D eigenvalue weighted by atomic mass is 10.1. The standard InChI is InChI=1S/C17H19N5O/c1-21-7-9-22(10-8-21)17-19-14(12-18)11-16(20-17)13-3-5-15(23-2)6-4-13/h3-6,11H,7-10H2,1-2H3/p+1. The number of piperazine rings is 1. The van der Waals surface area contributed by atoms with Crippen LogP contribution in [0.5, 0.6) is 5.75 Å². The summed E-state index contributed by atoms with van der Waals surface area (Å²) >= 11 is 0. The second kappa shape index (κ2) is 6.63. The maximum absolute atomic E-state index is 9.27. The topological polar surface area (TPSA) is 66.5 Å². The molecule has 23 heavy (non-hydrogen) atoms. The van der Waals surface area contributed by atoms with Crippen LogP contribution in [0.15, 0.2) is 30.3 Å². The second-order valence-corrected chi connectivity index (χ2v) is 5.72. The van der Waals surface area contributed by atoms with Crippen molar-refractivity contribution in [1.29, 1.82) is 5.26 Å². The van der Waals surface area contributed by atoms with Gasteiger partial charge in [0.15, 0.2) is 0 Å². The molecule has 6 heteroatoms. The van der Waals surface area contributed by atoms with Gasteiger partial charge in [0.25, 0.3) is 0 Å².